The summed E-state index contributed by atoms with van der Waals surface area (Å²) in [6.45, 7) is 1.89. The lowest BCUT2D eigenvalue weighted by Crippen LogP contribution is -2.45. The third-order valence-corrected chi connectivity index (χ3v) is 3.04. The molecule has 1 amide bonds. The zero-order valence-electron chi connectivity index (χ0n) is 10.8. The Morgan fingerprint density at radius 1 is 1.40 bits per heavy atom. The first-order valence-electron chi connectivity index (χ1n) is 6.41. The fraction of sp³-hybridized carbons (Fsp3) is 0.308. The third kappa shape index (κ3) is 2.84. The molecule has 1 aliphatic rings. The molecule has 1 atom stereocenters. The lowest BCUT2D eigenvalue weighted by molar-refractivity contribution is -0.128. The molecule has 1 aromatic heterocycles. The fourth-order valence-corrected chi connectivity index (χ4v) is 2.00. The standard InChI is InChI=1S/C13H15N5O2/c19-13(12-7-14-5-6-20-12)17-10-1-3-11(4-2-10)18-9-15-8-16-18/h1-4,8-9,12,14H,5-7H2,(H,17,19)/t12-/m0/s1. The number of anilines is 1. The van der Waals surface area contributed by atoms with Crippen LogP contribution in [0.5, 0.6) is 0 Å². The zero-order chi connectivity index (χ0) is 13.8. The van der Waals surface area contributed by atoms with Crippen molar-refractivity contribution in [2.45, 2.75) is 6.10 Å². The Kier molecular flexibility index (Phi) is 3.71. The van der Waals surface area contributed by atoms with Crippen LogP contribution in [-0.4, -0.2) is 46.5 Å². The van der Waals surface area contributed by atoms with Gasteiger partial charge in [0.05, 0.1) is 12.3 Å². The lowest BCUT2D eigenvalue weighted by Gasteiger charge is -2.22. The van der Waals surface area contributed by atoms with Crippen molar-refractivity contribution in [2.75, 3.05) is 25.0 Å². The van der Waals surface area contributed by atoms with Crippen molar-refractivity contribution in [3.8, 4) is 5.69 Å². The smallest absolute Gasteiger partial charge is 0.254 e. The second-order valence-electron chi connectivity index (χ2n) is 4.44. The van der Waals surface area contributed by atoms with Crippen LogP contribution in [0.2, 0.25) is 0 Å². The predicted molar refractivity (Wildman–Crippen MR) is 72.6 cm³/mol. The number of morpholine rings is 1. The van der Waals surface area contributed by atoms with Crippen molar-refractivity contribution in [3.63, 3.8) is 0 Å². The maximum absolute atomic E-state index is 12.0. The number of hydrogen-bond acceptors (Lipinski definition) is 5. The number of nitrogens with one attached hydrogen (secondary N) is 2. The number of rotatable bonds is 3. The van der Waals surface area contributed by atoms with E-state index in [0.717, 1.165) is 17.9 Å². The summed E-state index contributed by atoms with van der Waals surface area (Å²) in [4.78, 5) is 15.9. The van der Waals surface area contributed by atoms with Crippen LogP contribution in [0.15, 0.2) is 36.9 Å². The molecule has 7 heteroatoms. The highest BCUT2D eigenvalue weighted by molar-refractivity contribution is 5.94. The van der Waals surface area contributed by atoms with Gasteiger partial charge in [0.2, 0.25) is 0 Å². The summed E-state index contributed by atoms with van der Waals surface area (Å²) in [6.07, 6.45) is 2.66. The van der Waals surface area contributed by atoms with Crippen molar-refractivity contribution in [1.82, 2.24) is 20.1 Å². The average Bonchev–Trinajstić information content (AvgIpc) is 3.03. The maximum atomic E-state index is 12.0. The molecule has 20 heavy (non-hydrogen) atoms. The second kappa shape index (κ2) is 5.81. The fourth-order valence-electron chi connectivity index (χ4n) is 2.00. The van der Waals surface area contributed by atoms with Gasteiger partial charge in [-0.3, -0.25) is 4.79 Å². The first kappa shape index (κ1) is 12.8. The summed E-state index contributed by atoms with van der Waals surface area (Å²) in [6, 6.07) is 7.38. The molecule has 1 fully saturated rings. The normalized spacial score (nSPS) is 18.7. The Morgan fingerprint density at radius 3 is 2.90 bits per heavy atom. The summed E-state index contributed by atoms with van der Waals surface area (Å²) >= 11 is 0. The number of ether oxygens (including phenoxy) is 1. The van der Waals surface area contributed by atoms with Crippen molar-refractivity contribution in [1.29, 1.82) is 0 Å². The van der Waals surface area contributed by atoms with E-state index >= 15 is 0 Å². The Hall–Kier alpha value is -2.25. The SMILES string of the molecule is O=C(Nc1ccc(-n2cncn2)cc1)[C@@H]1CNCCO1. The molecule has 7 nitrogen and oxygen atoms in total. The van der Waals surface area contributed by atoms with E-state index in [1.165, 1.54) is 6.33 Å². The topological polar surface area (TPSA) is 81.1 Å². The molecular weight excluding hydrogens is 258 g/mol. The highest BCUT2D eigenvalue weighted by atomic mass is 16.5. The lowest BCUT2D eigenvalue weighted by atomic mass is 10.2. The molecule has 0 spiro atoms. The molecule has 3 rings (SSSR count). The van der Waals surface area contributed by atoms with Crippen LogP contribution in [0.4, 0.5) is 5.69 Å². The van der Waals surface area contributed by atoms with E-state index in [0.29, 0.717) is 13.2 Å². The number of benzene rings is 1. The molecule has 1 saturated heterocycles. The number of amides is 1. The zero-order valence-corrected chi connectivity index (χ0v) is 10.8. The number of aromatic nitrogens is 3. The highest BCUT2D eigenvalue weighted by Gasteiger charge is 2.21. The van der Waals surface area contributed by atoms with Gasteiger partial charge in [0.25, 0.3) is 5.91 Å². The Morgan fingerprint density at radius 2 is 2.25 bits per heavy atom. The van der Waals surface area contributed by atoms with E-state index in [2.05, 4.69) is 20.7 Å². The van der Waals surface area contributed by atoms with Crippen LogP contribution in [0.25, 0.3) is 5.69 Å². The van der Waals surface area contributed by atoms with Crippen LogP contribution < -0.4 is 10.6 Å². The van der Waals surface area contributed by atoms with Gasteiger partial charge in [-0.25, -0.2) is 9.67 Å². The molecule has 2 N–H and O–H groups in total. The Bertz CT molecular complexity index is 561. The minimum absolute atomic E-state index is 0.134. The van der Waals surface area contributed by atoms with Gasteiger partial charge < -0.3 is 15.4 Å². The van der Waals surface area contributed by atoms with Gasteiger partial charge in [-0.1, -0.05) is 0 Å². The monoisotopic (exact) mass is 273 g/mol. The molecule has 2 aromatic rings. The van der Waals surface area contributed by atoms with Gasteiger partial charge in [-0.2, -0.15) is 5.10 Å². The summed E-state index contributed by atoms with van der Waals surface area (Å²) in [5.41, 5.74) is 1.61. The summed E-state index contributed by atoms with van der Waals surface area (Å²) < 4.78 is 7.05. The minimum Gasteiger partial charge on any atom is -0.366 e. The molecule has 0 radical (unpaired) electrons. The van der Waals surface area contributed by atoms with Crippen molar-refractivity contribution in [2.24, 2.45) is 0 Å². The Balaban J connectivity index is 1.64. The second-order valence-corrected chi connectivity index (χ2v) is 4.44. The number of carbonyl (C=O) groups is 1. The van der Waals surface area contributed by atoms with Gasteiger partial charge in [0.15, 0.2) is 0 Å². The van der Waals surface area contributed by atoms with Crippen molar-refractivity contribution < 1.29 is 9.53 Å². The first-order chi connectivity index (χ1) is 9.83. The molecule has 2 heterocycles. The number of nitrogens with zero attached hydrogens (tertiary/aromatic N) is 3. The molecule has 0 aliphatic carbocycles. The van der Waals surface area contributed by atoms with Crippen LogP contribution in [-0.2, 0) is 9.53 Å². The molecule has 104 valence electrons. The number of carbonyl (C=O) groups excluding carboxylic acids is 1. The third-order valence-electron chi connectivity index (χ3n) is 3.04. The first-order valence-corrected chi connectivity index (χ1v) is 6.41. The van der Waals surface area contributed by atoms with E-state index in [1.54, 1.807) is 11.0 Å². The number of hydrogen-bond donors (Lipinski definition) is 2. The largest absolute Gasteiger partial charge is 0.366 e. The van der Waals surface area contributed by atoms with Crippen molar-refractivity contribution >= 4 is 11.6 Å². The van der Waals surface area contributed by atoms with Crippen LogP contribution in [0.1, 0.15) is 0 Å². The van der Waals surface area contributed by atoms with Crippen molar-refractivity contribution in [3.05, 3.63) is 36.9 Å². The van der Waals surface area contributed by atoms with Crippen LogP contribution in [0.3, 0.4) is 0 Å². The molecular formula is C13H15N5O2. The van der Waals surface area contributed by atoms with E-state index < -0.39 is 6.10 Å². The van der Waals surface area contributed by atoms with Gasteiger partial charge >= 0.3 is 0 Å². The highest BCUT2D eigenvalue weighted by Crippen LogP contribution is 2.13. The molecule has 0 saturated carbocycles. The van der Waals surface area contributed by atoms with E-state index in [-0.39, 0.29) is 5.91 Å². The minimum atomic E-state index is -0.432. The van der Waals surface area contributed by atoms with Gasteiger partial charge in [0, 0.05) is 18.8 Å². The molecule has 1 aromatic carbocycles. The van der Waals surface area contributed by atoms with Gasteiger partial charge in [0.1, 0.15) is 18.8 Å². The summed E-state index contributed by atoms with van der Waals surface area (Å²) in [5, 5.41) is 10.0. The molecule has 0 unspecified atom stereocenters. The van der Waals surface area contributed by atoms with E-state index in [9.17, 15) is 4.79 Å². The van der Waals surface area contributed by atoms with E-state index in [1.807, 2.05) is 24.3 Å². The summed E-state index contributed by atoms with van der Waals surface area (Å²) in [7, 11) is 0. The quantitative estimate of drug-likeness (QED) is 0.834. The summed E-state index contributed by atoms with van der Waals surface area (Å²) in [5.74, 6) is -0.134. The Labute approximate surface area is 116 Å². The predicted octanol–water partition coefficient (Wildman–Crippen LogP) is 0.194. The van der Waals surface area contributed by atoms with Crippen LogP contribution in [0, 0.1) is 0 Å². The van der Waals surface area contributed by atoms with Crippen LogP contribution >= 0.6 is 0 Å². The van der Waals surface area contributed by atoms with E-state index in [4.69, 9.17) is 4.74 Å². The van der Waals surface area contributed by atoms with Gasteiger partial charge in [-0.15, -0.1) is 0 Å². The molecule has 1 aliphatic heterocycles. The average molecular weight is 273 g/mol. The maximum Gasteiger partial charge on any atom is 0.254 e. The molecule has 0 bridgehead atoms. The van der Waals surface area contributed by atoms with Gasteiger partial charge in [-0.05, 0) is 24.3 Å².